The molecule has 0 aromatic rings. The Hall–Kier alpha value is -0.970. The van der Waals surface area contributed by atoms with Crippen molar-refractivity contribution in [1.82, 2.24) is 0 Å². The third kappa shape index (κ3) is 272. The third-order valence-corrected chi connectivity index (χ3v) is 0. The molecule has 0 saturated carbocycles. The molecule has 0 aliphatic rings. The van der Waals surface area contributed by atoms with E-state index in [9.17, 15) is 0 Å². The van der Waals surface area contributed by atoms with Gasteiger partial charge in [-0.15, -0.1) is 0 Å². The molecule has 0 bridgehead atoms. The molecular formula is CH16N2O7. The smallest absolute Gasteiger partial charge is 0.309 e. The highest BCUT2D eigenvalue weighted by Gasteiger charge is 1.60. The predicted octanol–water partition coefficient (Wildman–Crippen LogP) is -5.92. The highest BCUT2D eigenvalue weighted by Crippen LogP contribution is 1.25. The minimum atomic E-state index is -0.833. The first kappa shape index (κ1) is 141. The number of hydrogen-bond donors (Lipinski definition) is 2. The number of amides is 2. The molecule has 16 N–H and O–H groups in total. The fourth-order valence-electron chi connectivity index (χ4n) is 0. The number of primary amides is 2. The maximum atomic E-state index is 9.00. The molecule has 0 aromatic heterocycles. The quantitative estimate of drug-likeness (QED) is 0.351. The van der Waals surface area contributed by atoms with E-state index in [1.54, 1.807) is 0 Å². The summed E-state index contributed by atoms with van der Waals surface area (Å²) in [6, 6.07) is -0.833. The second-order valence-corrected chi connectivity index (χ2v) is 0.402. The van der Waals surface area contributed by atoms with E-state index in [2.05, 4.69) is 11.5 Å². The van der Waals surface area contributed by atoms with Crippen molar-refractivity contribution in [1.29, 1.82) is 0 Å². The second kappa shape index (κ2) is 96.3. The topological polar surface area (TPSA) is 258 Å². The lowest BCUT2D eigenvalue weighted by atomic mass is 11.2. The van der Waals surface area contributed by atoms with E-state index in [0.717, 1.165) is 0 Å². The molecule has 72 valence electrons. The minimum Gasteiger partial charge on any atom is -0.412 e. The molecule has 0 heterocycles. The maximum absolute atomic E-state index is 9.00. The molecular weight excluding hydrogens is 152 g/mol. The van der Waals surface area contributed by atoms with Gasteiger partial charge in [0, 0.05) is 0 Å². The Kier molecular flexibility index (Phi) is 1360. The van der Waals surface area contributed by atoms with E-state index in [4.69, 9.17) is 4.79 Å². The first-order chi connectivity index (χ1) is 1.73. The number of carbonyl (C=O) groups excluding carboxylic acids is 1. The summed E-state index contributed by atoms with van der Waals surface area (Å²) in [5.41, 5.74) is 8.50. The normalized spacial score (nSPS) is 2.40. The number of nitrogens with two attached hydrogens (primary N) is 2. The van der Waals surface area contributed by atoms with Crippen LogP contribution >= 0.6 is 0 Å². The lowest BCUT2D eigenvalue weighted by molar-refractivity contribution is 0.256. The van der Waals surface area contributed by atoms with Crippen molar-refractivity contribution >= 4 is 6.03 Å². The van der Waals surface area contributed by atoms with Crippen molar-refractivity contribution in [3.63, 3.8) is 0 Å². The molecule has 9 heteroatoms. The van der Waals surface area contributed by atoms with Crippen molar-refractivity contribution < 1.29 is 37.7 Å². The Labute approximate surface area is 56.5 Å². The average molecular weight is 168 g/mol. The molecule has 0 fully saturated rings. The zero-order valence-electron chi connectivity index (χ0n) is 5.06. The van der Waals surface area contributed by atoms with Gasteiger partial charge in [-0.05, 0) is 0 Å². The number of carbonyl (C=O) groups is 1. The van der Waals surface area contributed by atoms with Crippen molar-refractivity contribution in [3.05, 3.63) is 0 Å². The van der Waals surface area contributed by atoms with Crippen LogP contribution in [0.4, 0.5) is 4.79 Å². The van der Waals surface area contributed by atoms with Gasteiger partial charge in [-0.3, -0.25) is 0 Å². The summed E-state index contributed by atoms with van der Waals surface area (Å²) in [5, 5.41) is 0. The summed E-state index contributed by atoms with van der Waals surface area (Å²) in [4.78, 5) is 9.00. The Bertz CT molecular complexity index is 34.6. The van der Waals surface area contributed by atoms with E-state index in [0.29, 0.717) is 0 Å². The van der Waals surface area contributed by atoms with E-state index in [1.807, 2.05) is 0 Å². The lowest BCUT2D eigenvalue weighted by Gasteiger charge is -1.62. The minimum absolute atomic E-state index is 0. The third-order valence-electron chi connectivity index (χ3n) is 0. The molecule has 0 spiro atoms. The largest absolute Gasteiger partial charge is 0.412 e. The van der Waals surface area contributed by atoms with Crippen LogP contribution in [-0.4, -0.2) is 38.9 Å². The van der Waals surface area contributed by atoms with Crippen molar-refractivity contribution in [3.8, 4) is 0 Å². The van der Waals surface area contributed by atoms with Gasteiger partial charge >= 0.3 is 6.03 Å². The van der Waals surface area contributed by atoms with Gasteiger partial charge in [-0.25, -0.2) is 4.79 Å². The van der Waals surface area contributed by atoms with Crippen LogP contribution in [0.3, 0.4) is 0 Å². The van der Waals surface area contributed by atoms with Crippen LogP contribution in [0, 0.1) is 0 Å². The summed E-state index contributed by atoms with van der Waals surface area (Å²) in [7, 11) is 0. The first-order valence-corrected chi connectivity index (χ1v) is 0.781. The molecule has 0 aliphatic carbocycles. The molecule has 0 atom stereocenters. The number of rotatable bonds is 0. The van der Waals surface area contributed by atoms with Crippen LogP contribution in [0.25, 0.3) is 0 Å². The first-order valence-electron chi connectivity index (χ1n) is 0.781. The Morgan fingerprint density at radius 3 is 0.700 bits per heavy atom. The number of hydrogen-bond acceptors (Lipinski definition) is 1. The van der Waals surface area contributed by atoms with Crippen LogP contribution in [0.1, 0.15) is 0 Å². The van der Waals surface area contributed by atoms with Gasteiger partial charge in [0.05, 0.1) is 0 Å². The SMILES string of the molecule is NC(N)=O.O.O.O.O.O.O. The van der Waals surface area contributed by atoms with Crippen molar-refractivity contribution in [2.24, 2.45) is 11.5 Å². The van der Waals surface area contributed by atoms with Gasteiger partial charge in [-0.1, -0.05) is 0 Å². The van der Waals surface area contributed by atoms with Gasteiger partial charge in [0.1, 0.15) is 0 Å². The molecule has 9 nitrogen and oxygen atoms in total. The van der Waals surface area contributed by atoms with E-state index >= 15 is 0 Å². The van der Waals surface area contributed by atoms with E-state index in [-0.39, 0.29) is 32.9 Å². The van der Waals surface area contributed by atoms with Crippen molar-refractivity contribution in [2.45, 2.75) is 0 Å². The molecule has 0 saturated heterocycles. The van der Waals surface area contributed by atoms with Gasteiger partial charge in [0.2, 0.25) is 0 Å². The molecule has 2 amide bonds. The molecule has 0 unspecified atom stereocenters. The summed E-state index contributed by atoms with van der Waals surface area (Å²) >= 11 is 0. The standard InChI is InChI=1S/CH4N2O.6H2O/c2-1(3)4;;;;;;/h(H4,2,3,4);6*1H2. The van der Waals surface area contributed by atoms with E-state index < -0.39 is 6.03 Å². The molecule has 0 radical (unpaired) electrons. The second-order valence-electron chi connectivity index (χ2n) is 0.402. The zero-order valence-corrected chi connectivity index (χ0v) is 5.06. The maximum Gasteiger partial charge on any atom is 0.309 e. The van der Waals surface area contributed by atoms with Crippen molar-refractivity contribution in [2.75, 3.05) is 0 Å². The summed E-state index contributed by atoms with van der Waals surface area (Å²) < 4.78 is 0. The Balaban J connectivity index is -0.00000000300. The van der Waals surface area contributed by atoms with Crippen LogP contribution in [0.15, 0.2) is 0 Å². The van der Waals surface area contributed by atoms with Crippen LogP contribution in [0.5, 0.6) is 0 Å². The van der Waals surface area contributed by atoms with Gasteiger partial charge < -0.3 is 44.3 Å². The van der Waals surface area contributed by atoms with Gasteiger partial charge in [-0.2, -0.15) is 0 Å². The molecule has 0 aliphatic heterocycles. The van der Waals surface area contributed by atoms with Gasteiger partial charge in [0.15, 0.2) is 0 Å². The Morgan fingerprint density at radius 2 is 0.700 bits per heavy atom. The predicted molar refractivity (Wildman–Crippen MR) is 35.5 cm³/mol. The molecule has 0 rings (SSSR count). The van der Waals surface area contributed by atoms with Gasteiger partial charge in [0.25, 0.3) is 0 Å². The van der Waals surface area contributed by atoms with Crippen LogP contribution in [0.2, 0.25) is 0 Å². The van der Waals surface area contributed by atoms with Crippen LogP contribution in [-0.2, 0) is 0 Å². The monoisotopic (exact) mass is 168 g/mol. The zero-order chi connectivity index (χ0) is 3.58. The lowest BCUT2D eigenvalue weighted by Crippen LogP contribution is -2.18. The fraction of sp³-hybridized carbons (Fsp3) is 0. The summed E-state index contributed by atoms with van der Waals surface area (Å²) in [5.74, 6) is 0. The Morgan fingerprint density at radius 1 is 0.700 bits per heavy atom. The molecule has 0 aromatic carbocycles. The fourth-order valence-corrected chi connectivity index (χ4v) is 0. The highest BCUT2D eigenvalue weighted by atomic mass is 16.2. The molecule has 10 heavy (non-hydrogen) atoms. The van der Waals surface area contributed by atoms with E-state index in [1.165, 1.54) is 0 Å². The summed E-state index contributed by atoms with van der Waals surface area (Å²) in [6.45, 7) is 0. The average Bonchev–Trinajstić information content (AvgIpc) is 0.811. The van der Waals surface area contributed by atoms with Crippen LogP contribution < -0.4 is 11.5 Å². The number of urea groups is 1. The highest BCUT2D eigenvalue weighted by molar-refractivity contribution is 5.69. The summed E-state index contributed by atoms with van der Waals surface area (Å²) in [6.07, 6.45) is 0.